The molecule has 0 bridgehead atoms. The minimum Gasteiger partial charge on any atom is -0.447 e. The van der Waals surface area contributed by atoms with E-state index in [1.165, 1.54) is 25.7 Å². The number of carbonyl (C=O) groups is 2. The van der Waals surface area contributed by atoms with Crippen molar-refractivity contribution in [3.05, 3.63) is 24.3 Å². The third-order valence-electron chi connectivity index (χ3n) is 4.55. The zero-order chi connectivity index (χ0) is 16.2. The lowest BCUT2D eigenvalue weighted by Gasteiger charge is -2.23. The minimum atomic E-state index is -0.369. The lowest BCUT2D eigenvalue weighted by atomic mass is 10.1. The van der Waals surface area contributed by atoms with Crippen LogP contribution in [0.25, 0.3) is 0 Å². The van der Waals surface area contributed by atoms with E-state index in [1.807, 2.05) is 31.3 Å². The van der Waals surface area contributed by atoms with E-state index >= 15 is 0 Å². The molecule has 2 fully saturated rings. The molecule has 0 spiro atoms. The second-order valence-electron chi connectivity index (χ2n) is 6.24. The van der Waals surface area contributed by atoms with Crippen LogP contribution in [0.1, 0.15) is 25.7 Å². The fourth-order valence-electron chi connectivity index (χ4n) is 3.30. The number of anilines is 2. The van der Waals surface area contributed by atoms with Crippen LogP contribution in [0.2, 0.25) is 0 Å². The van der Waals surface area contributed by atoms with Crippen LogP contribution in [0.15, 0.2) is 24.3 Å². The Morgan fingerprint density at radius 2 is 2.09 bits per heavy atom. The monoisotopic (exact) mass is 317 g/mol. The standard InChI is InChI=1S/C17H23N3O3/c1-19(12-13-6-2-3-7-13)16(21)18-14-8-4-5-9-15(14)20-10-11-23-17(20)22/h4-5,8-9,13H,2-3,6-7,10-12H2,1H3,(H,18,21). The highest BCUT2D eigenvalue weighted by atomic mass is 16.6. The number of nitrogens with one attached hydrogen (secondary N) is 1. The van der Waals surface area contributed by atoms with E-state index in [-0.39, 0.29) is 12.1 Å². The molecule has 0 aromatic heterocycles. The zero-order valence-electron chi connectivity index (χ0n) is 13.5. The third-order valence-corrected chi connectivity index (χ3v) is 4.55. The van der Waals surface area contributed by atoms with Crippen LogP contribution in [-0.4, -0.2) is 43.8 Å². The molecule has 3 amide bonds. The molecule has 23 heavy (non-hydrogen) atoms. The summed E-state index contributed by atoms with van der Waals surface area (Å²) < 4.78 is 4.98. The first kappa shape index (κ1) is 15.6. The number of para-hydroxylation sites is 2. The zero-order valence-corrected chi connectivity index (χ0v) is 13.5. The Balaban J connectivity index is 1.67. The Bertz CT molecular complexity index is 584. The van der Waals surface area contributed by atoms with Crippen molar-refractivity contribution in [1.82, 2.24) is 4.90 Å². The molecule has 1 heterocycles. The van der Waals surface area contributed by atoms with Crippen molar-refractivity contribution in [2.24, 2.45) is 5.92 Å². The number of hydrogen-bond donors (Lipinski definition) is 1. The van der Waals surface area contributed by atoms with Gasteiger partial charge in [0, 0.05) is 13.6 Å². The van der Waals surface area contributed by atoms with Crippen LogP contribution in [-0.2, 0) is 4.74 Å². The molecule has 1 N–H and O–H groups in total. The average Bonchev–Trinajstić information content (AvgIpc) is 3.19. The van der Waals surface area contributed by atoms with Crippen molar-refractivity contribution < 1.29 is 14.3 Å². The van der Waals surface area contributed by atoms with Gasteiger partial charge in [0.2, 0.25) is 0 Å². The van der Waals surface area contributed by atoms with Gasteiger partial charge in [-0.15, -0.1) is 0 Å². The molecule has 0 unspecified atom stereocenters. The highest BCUT2D eigenvalue weighted by Gasteiger charge is 2.26. The molecule has 3 rings (SSSR count). The predicted molar refractivity (Wildman–Crippen MR) is 88.7 cm³/mol. The van der Waals surface area contributed by atoms with Crippen molar-refractivity contribution in [2.45, 2.75) is 25.7 Å². The molecule has 6 heteroatoms. The molecular weight excluding hydrogens is 294 g/mol. The normalized spacial score (nSPS) is 18.1. The molecule has 1 saturated carbocycles. The van der Waals surface area contributed by atoms with Crippen molar-refractivity contribution >= 4 is 23.5 Å². The van der Waals surface area contributed by atoms with Crippen LogP contribution in [0.4, 0.5) is 21.0 Å². The summed E-state index contributed by atoms with van der Waals surface area (Å²) in [5.74, 6) is 0.606. The summed E-state index contributed by atoms with van der Waals surface area (Å²) in [6.45, 7) is 1.66. The third kappa shape index (κ3) is 3.57. The molecule has 0 atom stereocenters. The highest BCUT2D eigenvalue weighted by molar-refractivity contribution is 5.98. The fourth-order valence-corrected chi connectivity index (χ4v) is 3.30. The summed E-state index contributed by atoms with van der Waals surface area (Å²) in [6.07, 6.45) is 4.56. The number of nitrogens with zero attached hydrogens (tertiary/aromatic N) is 2. The highest BCUT2D eigenvalue weighted by Crippen LogP contribution is 2.29. The molecule has 1 aliphatic carbocycles. The van der Waals surface area contributed by atoms with Crippen molar-refractivity contribution in [2.75, 3.05) is 37.0 Å². The molecule has 1 saturated heterocycles. The average molecular weight is 317 g/mol. The Morgan fingerprint density at radius 1 is 1.35 bits per heavy atom. The second kappa shape index (κ2) is 6.89. The number of carbonyl (C=O) groups excluding carboxylic acids is 2. The molecule has 124 valence electrons. The van der Waals surface area contributed by atoms with Crippen LogP contribution in [0.3, 0.4) is 0 Å². The van der Waals surface area contributed by atoms with Gasteiger partial charge in [-0.1, -0.05) is 25.0 Å². The number of urea groups is 1. The number of ether oxygens (including phenoxy) is 1. The first-order valence-electron chi connectivity index (χ1n) is 8.20. The minimum absolute atomic E-state index is 0.142. The Labute approximate surface area is 136 Å². The molecular formula is C17H23N3O3. The lowest BCUT2D eigenvalue weighted by molar-refractivity contribution is 0.181. The van der Waals surface area contributed by atoms with Gasteiger partial charge in [-0.2, -0.15) is 0 Å². The summed E-state index contributed by atoms with van der Waals surface area (Å²) in [5, 5.41) is 2.92. The molecule has 1 aromatic carbocycles. The summed E-state index contributed by atoms with van der Waals surface area (Å²) in [7, 11) is 1.82. The Kier molecular flexibility index (Phi) is 4.69. The number of amides is 3. The number of hydrogen-bond acceptors (Lipinski definition) is 3. The van der Waals surface area contributed by atoms with Crippen LogP contribution >= 0.6 is 0 Å². The second-order valence-corrected chi connectivity index (χ2v) is 6.24. The largest absolute Gasteiger partial charge is 0.447 e. The van der Waals surface area contributed by atoms with Crippen molar-refractivity contribution in [3.63, 3.8) is 0 Å². The fraction of sp³-hybridized carbons (Fsp3) is 0.529. The van der Waals surface area contributed by atoms with Gasteiger partial charge < -0.3 is 15.0 Å². The maximum atomic E-state index is 12.4. The predicted octanol–water partition coefficient (Wildman–Crippen LogP) is 3.30. The molecule has 1 aliphatic heterocycles. The van der Waals surface area contributed by atoms with Gasteiger partial charge in [-0.3, -0.25) is 4.90 Å². The smallest absolute Gasteiger partial charge is 0.414 e. The van der Waals surface area contributed by atoms with Gasteiger partial charge in [0.05, 0.1) is 17.9 Å². The van der Waals surface area contributed by atoms with E-state index in [0.717, 1.165) is 6.54 Å². The SMILES string of the molecule is CN(CC1CCCC1)C(=O)Nc1ccccc1N1CCOC1=O. The van der Waals surface area contributed by atoms with Crippen molar-refractivity contribution in [1.29, 1.82) is 0 Å². The number of cyclic esters (lactones) is 1. The summed E-state index contributed by atoms with van der Waals surface area (Å²) >= 11 is 0. The van der Waals surface area contributed by atoms with Gasteiger partial charge in [-0.25, -0.2) is 9.59 Å². The first-order valence-corrected chi connectivity index (χ1v) is 8.20. The first-order chi connectivity index (χ1) is 11.1. The molecule has 6 nitrogen and oxygen atoms in total. The van der Waals surface area contributed by atoms with Gasteiger partial charge in [0.1, 0.15) is 6.61 Å². The van der Waals surface area contributed by atoms with Crippen LogP contribution in [0.5, 0.6) is 0 Å². The lowest BCUT2D eigenvalue weighted by Crippen LogP contribution is -2.35. The van der Waals surface area contributed by atoms with E-state index in [9.17, 15) is 9.59 Å². The Morgan fingerprint density at radius 3 is 2.78 bits per heavy atom. The van der Waals surface area contributed by atoms with E-state index in [1.54, 1.807) is 9.80 Å². The van der Waals surface area contributed by atoms with Gasteiger partial charge in [-0.05, 0) is 30.9 Å². The van der Waals surface area contributed by atoms with E-state index in [0.29, 0.717) is 30.4 Å². The molecule has 1 aromatic rings. The summed E-state index contributed by atoms with van der Waals surface area (Å²) in [4.78, 5) is 27.5. The molecule has 0 radical (unpaired) electrons. The molecule has 2 aliphatic rings. The van der Waals surface area contributed by atoms with Crippen molar-refractivity contribution in [3.8, 4) is 0 Å². The van der Waals surface area contributed by atoms with Crippen LogP contribution in [0, 0.1) is 5.92 Å². The quantitative estimate of drug-likeness (QED) is 0.927. The van der Waals surface area contributed by atoms with Gasteiger partial charge in [0.15, 0.2) is 0 Å². The topological polar surface area (TPSA) is 61.9 Å². The van der Waals surface area contributed by atoms with Gasteiger partial charge in [0.25, 0.3) is 0 Å². The van der Waals surface area contributed by atoms with Crippen LogP contribution < -0.4 is 10.2 Å². The number of rotatable bonds is 4. The summed E-state index contributed by atoms with van der Waals surface area (Å²) in [6, 6.07) is 7.18. The Hall–Kier alpha value is -2.24. The summed E-state index contributed by atoms with van der Waals surface area (Å²) in [5.41, 5.74) is 1.31. The maximum Gasteiger partial charge on any atom is 0.414 e. The van der Waals surface area contributed by atoms with Gasteiger partial charge >= 0.3 is 12.1 Å². The maximum absolute atomic E-state index is 12.4. The van der Waals surface area contributed by atoms with E-state index in [2.05, 4.69) is 5.32 Å². The number of benzene rings is 1. The van der Waals surface area contributed by atoms with E-state index in [4.69, 9.17) is 4.74 Å². The van der Waals surface area contributed by atoms with E-state index < -0.39 is 0 Å².